The van der Waals surface area contributed by atoms with Crippen molar-refractivity contribution in [2.75, 3.05) is 23.3 Å². The van der Waals surface area contributed by atoms with Crippen LogP contribution in [-0.4, -0.2) is 18.4 Å². The van der Waals surface area contributed by atoms with Gasteiger partial charge >= 0.3 is 0 Å². The summed E-state index contributed by atoms with van der Waals surface area (Å²) in [5.41, 5.74) is 3.57. The Balaban J connectivity index is 1.79. The molecule has 0 spiro atoms. The second kappa shape index (κ2) is 5.87. The van der Waals surface area contributed by atoms with E-state index in [2.05, 4.69) is 45.1 Å². The SMILES string of the molecule is BrCC1(CN2CCCc3ccccc32)CCCCC1. The number of hydrogen-bond donors (Lipinski definition) is 0. The lowest BCUT2D eigenvalue weighted by Crippen LogP contribution is -2.42. The Labute approximate surface area is 125 Å². The Hall–Kier alpha value is -0.500. The zero-order chi connectivity index (χ0) is 13.1. The van der Waals surface area contributed by atoms with E-state index in [4.69, 9.17) is 0 Å². The molecule has 3 rings (SSSR count). The van der Waals surface area contributed by atoms with Gasteiger partial charge in [-0.25, -0.2) is 0 Å². The third kappa shape index (κ3) is 2.84. The van der Waals surface area contributed by atoms with Crippen molar-refractivity contribution < 1.29 is 0 Å². The van der Waals surface area contributed by atoms with E-state index in [1.165, 1.54) is 69.1 Å². The number of fused-ring (bicyclic) bond motifs is 1. The predicted molar refractivity (Wildman–Crippen MR) is 86.3 cm³/mol. The van der Waals surface area contributed by atoms with Crippen LogP contribution in [-0.2, 0) is 6.42 Å². The first-order valence-corrected chi connectivity index (χ1v) is 8.84. The van der Waals surface area contributed by atoms with Crippen LogP contribution in [0.25, 0.3) is 0 Å². The van der Waals surface area contributed by atoms with Gasteiger partial charge in [0.05, 0.1) is 0 Å². The van der Waals surface area contributed by atoms with Crippen molar-refractivity contribution in [2.45, 2.75) is 44.9 Å². The summed E-state index contributed by atoms with van der Waals surface area (Å²) in [6.45, 7) is 2.49. The average Bonchev–Trinajstić information content (AvgIpc) is 2.49. The Morgan fingerprint density at radius 2 is 1.84 bits per heavy atom. The molecule has 2 heteroatoms. The number of rotatable bonds is 3. The van der Waals surface area contributed by atoms with Crippen LogP contribution in [0.1, 0.15) is 44.1 Å². The maximum atomic E-state index is 3.81. The average molecular weight is 322 g/mol. The number of alkyl halides is 1. The van der Waals surface area contributed by atoms with Crippen LogP contribution in [0.5, 0.6) is 0 Å². The number of benzene rings is 1. The molecule has 1 aliphatic heterocycles. The van der Waals surface area contributed by atoms with Crippen molar-refractivity contribution in [1.82, 2.24) is 0 Å². The van der Waals surface area contributed by atoms with Crippen LogP contribution < -0.4 is 4.90 Å². The van der Waals surface area contributed by atoms with Crippen LogP contribution in [0.3, 0.4) is 0 Å². The van der Waals surface area contributed by atoms with E-state index in [0.29, 0.717) is 5.41 Å². The number of nitrogens with zero attached hydrogens (tertiary/aromatic N) is 1. The van der Waals surface area contributed by atoms with E-state index in [1.54, 1.807) is 5.56 Å². The molecule has 0 aromatic heterocycles. The minimum Gasteiger partial charge on any atom is -0.371 e. The molecule has 0 amide bonds. The van der Waals surface area contributed by atoms with Crippen molar-refractivity contribution in [2.24, 2.45) is 5.41 Å². The van der Waals surface area contributed by atoms with Gasteiger partial charge in [0, 0.05) is 24.1 Å². The molecule has 1 fully saturated rings. The Bertz CT molecular complexity index is 423. The molecule has 1 heterocycles. The molecular formula is C17H24BrN. The molecule has 1 nitrogen and oxygen atoms in total. The van der Waals surface area contributed by atoms with Crippen LogP contribution in [0.15, 0.2) is 24.3 Å². The first-order valence-electron chi connectivity index (χ1n) is 7.72. The standard InChI is InChI=1S/C17H24BrN/c18-13-17(10-4-1-5-11-17)14-19-12-6-8-15-7-2-3-9-16(15)19/h2-3,7,9H,1,4-6,8,10-14H2. The fourth-order valence-electron chi connectivity index (χ4n) is 3.82. The van der Waals surface area contributed by atoms with E-state index < -0.39 is 0 Å². The highest BCUT2D eigenvalue weighted by Gasteiger charge is 2.34. The van der Waals surface area contributed by atoms with Gasteiger partial charge in [0.1, 0.15) is 0 Å². The van der Waals surface area contributed by atoms with Gasteiger partial charge in [0.25, 0.3) is 0 Å². The quantitative estimate of drug-likeness (QED) is 0.724. The fraction of sp³-hybridized carbons (Fsp3) is 0.647. The highest BCUT2D eigenvalue weighted by atomic mass is 79.9. The summed E-state index contributed by atoms with van der Waals surface area (Å²) in [5, 5.41) is 1.17. The van der Waals surface area contributed by atoms with E-state index in [1.807, 2.05) is 0 Å². The number of halogens is 1. The molecule has 2 aliphatic rings. The molecule has 1 aromatic carbocycles. The van der Waals surface area contributed by atoms with Gasteiger partial charge in [-0.05, 0) is 42.7 Å². The van der Waals surface area contributed by atoms with Crippen LogP contribution in [0.2, 0.25) is 0 Å². The second-order valence-corrected chi connectivity index (χ2v) is 6.91. The van der Waals surface area contributed by atoms with Crippen LogP contribution in [0.4, 0.5) is 5.69 Å². The molecule has 0 atom stereocenters. The third-order valence-electron chi connectivity index (χ3n) is 4.93. The number of hydrogen-bond acceptors (Lipinski definition) is 1. The first-order chi connectivity index (χ1) is 9.33. The molecule has 1 saturated carbocycles. The molecule has 104 valence electrons. The Morgan fingerprint density at radius 3 is 2.63 bits per heavy atom. The van der Waals surface area contributed by atoms with Crippen molar-refractivity contribution in [3.8, 4) is 0 Å². The van der Waals surface area contributed by atoms with E-state index >= 15 is 0 Å². The van der Waals surface area contributed by atoms with E-state index in [-0.39, 0.29) is 0 Å². The highest BCUT2D eigenvalue weighted by molar-refractivity contribution is 9.09. The first kappa shape index (κ1) is 13.5. The molecule has 0 bridgehead atoms. The van der Waals surface area contributed by atoms with Gasteiger partial charge < -0.3 is 4.90 Å². The third-order valence-corrected chi connectivity index (χ3v) is 6.12. The minimum absolute atomic E-state index is 0.517. The molecule has 0 unspecified atom stereocenters. The van der Waals surface area contributed by atoms with Crippen molar-refractivity contribution in [1.29, 1.82) is 0 Å². The zero-order valence-corrected chi connectivity index (χ0v) is 13.3. The highest BCUT2D eigenvalue weighted by Crippen LogP contribution is 2.40. The van der Waals surface area contributed by atoms with Crippen molar-refractivity contribution in [3.63, 3.8) is 0 Å². The molecule has 0 N–H and O–H groups in total. The minimum atomic E-state index is 0.517. The summed E-state index contributed by atoms with van der Waals surface area (Å²) in [7, 11) is 0. The topological polar surface area (TPSA) is 3.24 Å². The van der Waals surface area contributed by atoms with Gasteiger partial charge in [-0.15, -0.1) is 0 Å². The van der Waals surface area contributed by atoms with Crippen molar-refractivity contribution >= 4 is 21.6 Å². The smallest absolute Gasteiger partial charge is 0.0398 e. The van der Waals surface area contributed by atoms with Gasteiger partial charge in [-0.1, -0.05) is 53.4 Å². The number of aryl methyl sites for hydroxylation is 1. The van der Waals surface area contributed by atoms with E-state index in [0.717, 1.165) is 0 Å². The Kier molecular flexibility index (Phi) is 4.16. The number of para-hydroxylation sites is 1. The summed E-state index contributed by atoms with van der Waals surface area (Å²) < 4.78 is 0. The van der Waals surface area contributed by atoms with Crippen LogP contribution in [0, 0.1) is 5.41 Å². The lowest BCUT2D eigenvalue weighted by atomic mass is 9.75. The summed E-state index contributed by atoms with van der Waals surface area (Å²) in [6, 6.07) is 9.00. The summed E-state index contributed by atoms with van der Waals surface area (Å²) in [4.78, 5) is 2.66. The van der Waals surface area contributed by atoms with Gasteiger partial charge in [0.2, 0.25) is 0 Å². The van der Waals surface area contributed by atoms with Gasteiger partial charge in [0.15, 0.2) is 0 Å². The van der Waals surface area contributed by atoms with Gasteiger partial charge in [-0.3, -0.25) is 0 Å². The van der Waals surface area contributed by atoms with Crippen LogP contribution >= 0.6 is 15.9 Å². The largest absolute Gasteiger partial charge is 0.371 e. The molecular weight excluding hydrogens is 298 g/mol. The molecule has 1 aliphatic carbocycles. The Morgan fingerprint density at radius 1 is 1.05 bits per heavy atom. The molecule has 19 heavy (non-hydrogen) atoms. The zero-order valence-electron chi connectivity index (χ0n) is 11.7. The van der Waals surface area contributed by atoms with Gasteiger partial charge in [-0.2, -0.15) is 0 Å². The molecule has 1 aromatic rings. The fourth-order valence-corrected chi connectivity index (χ4v) is 4.55. The summed E-state index contributed by atoms with van der Waals surface area (Å²) in [5.74, 6) is 0. The lowest BCUT2D eigenvalue weighted by Gasteiger charge is -2.42. The summed E-state index contributed by atoms with van der Waals surface area (Å²) >= 11 is 3.81. The van der Waals surface area contributed by atoms with Crippen molar-refractivity contribution in [3.05, 3.63) is 29.8 Å². The second-order valence-electron chi connectivity index (χ2n) is 6.35. The van der Waals surface area contributed by atoms with E-state index in [9.17, 15) is 0 Å². The number of anilines is 1. The maximum Gasteiger partial charge on any atom is 0.0398 e. The molecule has 0 radical (unpaired) electrons. The lowest BCUT2D eigenvalue weighted by molar-refractivity contribution is 0.228. The predicted octanol–water partition coefficient (Wildman–Crippen LogP) is 4.78. The normalized spacial score (nSPS) is 22.1. The summed E-state index contributed by atoms with van der Waals surface area (Å²) in [6.07, 6.45) is 9.64. The molecule has 0 saturated heterocycles. The monoisotopic (exact) mass is 321 g/mol. The maximum absolute atomic E-state index is 3.81.